The maximum absolute atomic E-state index is 5.61. The van der Waals surface area contributed by atoms with E-state index in [9.17, 15) is 0 Å². The van der Waals surface area contributed by atoms with Gasteiger partial charge in [-0.1, -0.05) is 5.16 Å². The molecule has 3 heterocycles. The van der Waals surface area contributed by atoms with E-state index >= 15 is 0 Å². The van der Waals surface area contributed by atoms with Crippen molar-refractivity contribution >= 4 is 11.3 Å². The summed E-state index contributed by atoms with van der Waals surface area (Å²) < 4.78 is 7.39. The van der Waals surface area contributed by atoms with Crippen molar-refractivity contribution in [2.75, 3.05) is 0 Å². The Morgan fingerprint density at radius 1 is 1.17 bits per heavy atom. The molecular weight excluding hydrogens is 322 g/mol. The van der Waals surface area contributed by atoms with Crippen LogP contribution in [-0.2, 0) is 7.05 Å². The number of fused-ring (bicyclic) bond motifs is 5. The van der Waals surface area contributed by atoms with E-state index in [1.54, 1.807) is 16.0 Å². The van der Waals surface area contributed by atoms with Crippen LogP contribution in [0.25, 0.3) is 22.2 Å². The topological polar surface area (TPSA) is 69.6 Å². The Hall–Kier alpha value is -2.02. The molecule has 6 rings (SSSR count). The summed E-state index contributed by atoms with van der Waals surface area (Å²) in [4.78, 5) is 9.30. The summed E-state index contributed by atoms with van der Waals surface area (Å²) in [5.41, 5.74) is 1.66. The number of thiazole rings is 1. The molecule has 0 N–H and O–H groups in total. The molecule has 3 saturated carbocycles. The maximum atomic E-state index is 5.61. The molecule has 3 aliphatic rings. The third kappa shape index (κ3) is 1.76. The molecule has 5 atom stereocenters. The molecule has 0 aromatic carbocycles. The van der Waals surface area contributed by atoms with Crippen LogP contribution in [0, 0.1) is 23.7 Å². The first kappa shape index (κ1) is 13.3. The Kier molecular flexibility index (Phi) is 2.51. The van der Waals surface area contributed by atoms with Gasteiger partial charge in [0.2, 0.25) is 11.7 Å². The van der Waals surface area contributed by atoms with Gasteiger partial charge in [0.15, 0.2) is 0 Å². The first-order valence-corrected chi connectivity index (χ1v) is 9.45. The van der Waals surface area contributed by atoms with Gasteiger partial charge in [-0.2, -0.15) is 10.1 Å². The van der Waals surface area contributed by atoms with E-state index in [0.717, 1.165) is 46.0 Å². The van der Waals surface area contributed by atoms with Crippen LogP contribution in [0.5, 0.6) is 0 Å². The van der Waals surface area contributed by atoms with Crippen molar-refractivity contribution in [1.29, 1.82) is 0 Å². The van der Waals surface area contributed by atoms with Crippen LogP contribution in [0.1, 0.15) is 31.1 Å². The minimum atomic E-state index is 0.520. The second-order valence-electron chi connectivity index (χ2n) is 7.38. The fourth-order valence-corrected chi connectivity index (χ4v) is 5.92. The predicted octanol–water partition coefficient (Wildman–Crippen LogP) is 3.35. The average molecular weight is 339 g/mol. The van der Waals surface area contributed by atoms with Crippen LogP contribution in [0.15, 0.2) is 22.2 Å². The van der Waals surface area contributed by atoms with Crippen LogP contribution in [0.2, 0.25) is 0 Å². The minimum Gasteiger partial charge on any atom is -0.339 e. The Balaban J connectivity index is 1.27. The van der Waals surface area contributed by atoms with E-state index in [1.165, 1.54) is 19.3 Å². The number of hydrogen-bond acceptors (Lipinski definition) is 6. The summed E-state index contributed by atoms with van der Waals surface area (Å²) in [5.74, 6) is 5.43. The van der Waals surface area contributed by atoms with Gasteiger partial charge in [0.25, 0.3) is 0 Å². The first-order valence-electron chi connectivity index (χ1n) is 8.57. The third-order valence-electron chi connectivity index (χ3n) is 6.13. The van der Waals surface area contributed by atoms with E-state index in [0.29, 0.717) is 11.7 Å². The largest absolute Gasteiger partial charge is 0.339 e. The van der Waals surface area contributed by atoms with Crippen LogP contribution in [-0.4, -0.2) is 24.9 Å². The van der Waals surface area contributed by atoms with Crippen molar-refractivity contribution in [3.05, 3.63) is 23.5 Å². The summed E-state index contributed by atoms with van der Waals surface area (Å²) in [7, 11) is 1.91. The van der Waals surface area contributed by atoms with Crippen molar-refractivity contribution in [2.45, 2.75) is 25.2 Å². The van der Waals surface area contributed by atoms with Crippen molar-refractivity contribution in [3.63, 3.8) is 0 Å². The number of nitrogens with zero attached hydrogens (tertiary/aromatic N) is 5. The third-order valence-corrected chi connectivity index (χ3v) is 6.99. The van der Waals surface area contributed by atoms with E-state index in [4.69, 9.17) is 4.52 Å². The second-order valence-corrected chi connectivity index (χ2v) is 8.24. The van der Waals surface area contributed by atoms with E-state index in [2.05, 4.69) is 20.2 Å². The Labute approximate surface area is 142 Å². The van der Waals surface area contributed by atoms with Crippen molar-refractivity contribution in [2.24, 2.45) is 30.7 Å². The van der Waals surface area contributed by atoms with Gasteiger partial charge in [0.05, 0.1) is 0 Å². The fraction of sp³-hybridized carbons (Fsp3) is 0.529. The smallest absolute Gasteiger partial charge is 0.230 e. The molecule has 7 heteroatoms. The lowest BCUT2D eigenvalue weighted by Gasteiger charge is -2.04. The quantitative estimate of drug-likeness (QED) is 0.732. The molecule has 3 aromatic heterocycles. The molecular formula is C17H17N5OS. The second kappa shape index (κ2) is 4.53. The molecule has 24 heavy (non-hydrogen) atoms. The summed E-state index contributed by atoms with van der Waals surface area (Å²) in [6.45, 7) is 0. The van der Waals surface area contributed by atoms with Crippen molar-refractivity contribution in [1.82, 2.24) is 24.9 Å². The van der Waals surface area contributed by atoms with Gasteiger partial charge in [0, 0.05) is 24.5 Å². The van der Waals surface area contributed by atoms with E-state index < -0.39 is 0 Å². The summed E-state index contributed by atoms with van der Waals surface area (Å²) >= 11 is 1.56. The zero-order chi connectivity index (χ0) is 15.8. The van der Waals surface area contributed by atoms with E-state index in [1.807, 2.05) is 24.7 Å². The Bertz CT molecular complexity index is 911. The van der Waals surface area contributed by atoms with Gasteiger partial charge in [-0.25, -0.2) is 4.98 Å². The molecule has 0 amide bonds. The number of rotatable bonds is 3. The zero-order valence-electron chi connectivity index (χ0n) is 13.3. The maximum Gasteiger partial charge on any atom is 0.230 e. The van der Waals surface area contributed by atoms with Gasteiger partial charge < -0.3 is 4.52 Å². The van der Waals surface area contributed by atoms with Crippen LogP contribution in [0.4, 0.5) is 0 Å². The highest BCUT2D eigenvalue weighted by Gasteiger charge is 2.67. The normalized spacial score (nSPS) is 33.1. The molecule has 0 aliphatic heterocycles. The van der Waals surface area contributed by atoms with Gasteiger partial charge in [-0.15, -0.1) is 11.3 Å². The van der Waals surface area contributed by atoms with Crippen LogP contribution < -0.4 is 0 Å². The molecule has 0 spiro atoms. The first-order chi connectivity index (χ1) is 11.8. The molecule has 2 bridgehead atoms. The number of aromatic nitrogens is 5. The fourth-order valence-electron chi connectivity index (χ4n) is 5.15. The van der Waals surface area contributed by atoms with E-state index in [-0.39, 0.29) is 0 Å². The van der Waals surface area contributed by atoms with Crippen LogP contribution >= 0.6 is 11.3 Å². The number of aryl methyl sites for hydroxylation is 1. The molecule has 0 radical (unpaired) electrons. The molecule has 3 aliphatic carbocycles. The monoisotopic (exact) mass is 339 g/mol. The summed E-state index contributed by atoms with van der Waals surface area (Å²) in [6, 6.07) is 1.96. The zero-order valence-corrected chi connectivity index (χ0v) is 14.1. The molecule has 3 aromatic rings. The van der Waals surface area contributed by atoms with Gasteiger partial charge >= 0.3 is 0 Å². The lowest BCUT2D eigenvalue weighted by Crippen LogP contribution is -1.97. The lowest BCUT2D eigenvalue weighted by molar-refractivity contribution is 0.356. The highest BCUT2D eigenvalue weighted by molar-refractivity contribution is 7.13. The lowest BCUT2D eigenvalue weighted by atomic mass is 10.0. The molecule has 0 saturated heterocycles. The van der Waals surface area contributed by atoms with Crippen LogP contribution in [0.3, 0.4) is 0 Å². The molecule has 1 unspecified atom stereocenters. The van der Waals surface area contributed by atoms with Crippen molar-refractivity contribution in [3.8, 4) is 22.2 Å². The number of hydrogen-bond donors (Lipinski definition) is 0. The predicted molar refractivity (Wildman–Crippen MR) is 88.2 cm³/mol. The highest BCUT2D eigenvalue weighted by atomic mass is 32.1. The molecule has 122 valence electrons. The average Bonchev–Trinajstić information content (AvgIpc) is 3.23. The van der Waals surface area contributed by atoms with Crippen molar-refractivity contribution < 1.29 is 4.52 Å². The SMILES string of the molecule is Cn1ccc(-c2nc(-c3noc(C4[C@@H]5[C@H]6CC[C@H](C6)[C@H]45)n3)cs2)n1. The Morgan fingerprint density at radius 3 is 2.75 bits per heavy atom. The van der Waals surface area contributed by atoms with Gasteiger partial charge in [0.1, 0.15) is 16.4 Å². The van der Waals surface area contributed by atoms with Gasteiger partial charge in [-0.3, -0.25) is 4.68 Å². The standard InChI is InChI=1S/C17H17N5OS/c1-22-5-4-10(20-22)17-18-11(7-24-17)15-19-16(23-21-15)14-12-8-2-3-9(6-8)13(12)14/h4-5,7-9,12-14H,2-3,6H2,1H3/t8-,9+,12+,13-,14?. The summed E-state index contributed by atoms with van der Waals surface area (Å²) in [5, 5.41) is 11.5. The molecule has 3 fully saturated rings. The minimum absolute atomic E-state index is 0.520. The highest BCUT2D eigenvalue weighted by Crippen LogP contribution is 2.72. The van der Waals surface area contributed by atoms with Gasteiger partial charge in [-0.05, 0) is 49.0 Å². The Morgan fingerprint density at radius 2 is 2.00 bits per heavy atom. The molecule has 6 nitrogen and oxygen atoms in total. The summed E-state index contributed by atoms with van der Waals surface area (Å²) in [6.07, 6.45) is 6.17.